The van der Waals surface area contributed by atoms with Gasteiger partial charge in [-0.05, 0) is 12.8 Å². The molecule has 1 aromatic rings. The average Bonchev–Trinajstić information content (AvgIpc) is 2.69. The molecule has 0 aliphatic carbocycles. The minimum Gasteiger partial charge on any atom is -0.385 e. The lowest BCUT2D eigenvalue weighted by atomic mass is 10.1. The molecule has 1 fully saturated rings. The summed E-state index contributed by atoms with van der Waals surface area (Å²) in [6.45, 7) is 0.600. The second kappa shape index (κ2) is 4.00. The van der Waals surface area contributed by atoms with Crippen LogP contribution in [0.1, 0.15) is 24.5 Å². The number of aliphatic hydroxyl groups excluding tert-OH is 1. The van der Waals surface area contributed by atoms with Gasteiger partial charge in [0.25, 0.3) is 5.56 Å². The molecule has 82 valence electrons. The Morgan fingerprint density at radius 3 is 2.93 bits per heavy atom. The number of aromatic amines is 2. The van der Waals surface area contributed by atoms with Crippen molar-refractivity contribution in [2.45, 2.75) is 25.0 Å². The smallest absolute Gasteiger partial charge is 0.325 e. The number of aliphatic hydroxyl groups is 1. The first-order valence-electron chi connectivity index (χ1n) is 4.80. The van der Waals surface area contributed by atoms with Crippen LogP contribution in [0.5, 0.6) is 0 Å². The van der Waals surface area contributed by atoms with Crippen molar-refractivity contribution < 1.29 is 9.84 Å². The molecule has 1 aliphatic rings. The fourth-order valence-corrected chi connectivity index (χ4v) is 1.69. The molecule has 1 aliphatic heterocycles. The van der Waals surface area contributed by atoms with Gasteiger partial charge in [-0.25, -0.2) is 4.79 Å². The molecule has 0 unspecified atom stereocenters. The molecule has 0 aromatic carbocycles. The van der Waals surface area contributed by atoms with E-state index in [9.17, 15) is 14.7 Å². The molecule has 0 amide bonds. The van der Waals surface area contributed by atoms with E-state index in [1.165, 1.54) is 6.20 Å². The van der Waals surface area contributed by atoms with Gasteiger partial charge in [0.05, 0.1) is 11.7 Å². The number of rotatable bonds is 2. The zero-order valence-electron chi connectivity index (χ0n) is 8.03. The second-order valence-electron chi connectivity index (χ2n) is 3.52. The molecule has 0 bridgehead atoms. The van der Waals surface area contributed by atoms with E-state index in [0.717, 1.165) is 12.8 Å². The summed E-state index contributed by atoms with van der Waals surface area (Å²) in [6.07, 6.45) is 1.50. The fraction of sp³-hybridized carbons (Fsp3) is 0.556. The summed E-state index contributed by atoms with van der Waals surface area (Å²) < 4.78 is 5.26. The van der Waals surface area contributed by atoms with Crippen LogP contribution in [0, 0.1) is 0 Å². The van der Waals surface area contributed by atoms with E-state index in [-0.39, 0.29) is 11.7 Å². The molecule has 6 nitrogen and oxygen atoms in total. The number of nitrogens with one attached hydrogen (secondary N) is 2. The molecule has 2 atom stereocenters. The summed E-state index contributed by atoms with van der Waals surface area (Å²) in [7, 11) is 0. The van der Waals surface area contributed by atoms with Gasteiger partial charge in [-0.2, -0.15) is 0 Å². The molecule has 2 rings (SSSR count). The quantitative estimate of drug-likeness (QED) is 0.602. The van der Waals surface area contributed by atoms with Crippen molar-refractivity contribution >= 4 is 0 Å². The van der Waals surface area contributed by atoms with Gasteiger partial charge in [0.1, 0.15) is 6.10 Å². The lowest BCUT2D eigenvalue weighted by Crippen LogP contribution is -2.30. The minimum atomic E-state index is -0.979. The number of hydrogen-bond donors (Lipinski definition) is 3. The van der Waals surface area contributed by atoms with Crippen LogP contribution in [0.4, 0.5) is 0 Å². The molecule has 0 radical (unpaired) electrons. The zero-order valence-corrected chi connectivity index (χ0v) is 8.03. The molecule has 15 heavy (non-hydrogen) atoms. The lowest BCUT2D eigenvalue weighted by Gasteiger charge is -2.16. The molecule has 3 N–H and O–H groups in total. The normalized spacial score (nSPS) is 22.9. The fourth-order valence-electron chi connectivity index (χ4n) is 1.69. The van der Waals surface area contributed by atoms with Crippen LogP contribution in [0.3, 0.4) is 0 Å². The van der Waals surface area contributed by atoms with E-state index in [0.29, 0.717) is 6.61 Å². The number of ether oxygens (including phenoxy) is 1. The Balaban J connectivity index is 2.28. The summed E-state index contributed by atoms with van der Waals surface area (Å²) >= 11 is 0. The third-order valence-electron chi connectivity index (χ3n) is 2.48. The summed E-state index contributed by atoms with van der Waals surface area (Å²) in [5.41, 5.74) is -1.01. The largest absolute Gasteiger partial charge is 0.385 e. The minimum absolute atomic E-state index is 0.140. The first kappa shape index (κ1) is 10.1. The predicted molar refractivity (Wildman–Crippen MR) is 51.6 cm³/mol. The molecule has 1 aromatic heterocycles. The lowest BCUT2D eigenvalue weighted by molar-refractivity contribution is -0.00348. The van der Waals surface area contributed by atoms with Crippen LogP contribution in [0.2, 0.25) is 0 Å². The van der Waals surface area contributed by atoms with Crippen LogP contribution in [0.15, 0.2) is 15.8 Å². The monoisotopic (exact) mass is 212 g/mol. The predicted octanol–water partition coefficient (Wildman–Crippen LogP) is -0.724. The van der Waals surface area contributed by atoms with Gasteiger partial charge >= 0.3 is 5.69 Å². The van der Waals surface area contributed by atoms with Crippen LogP contribution in [-0.4, -0.2) is 27.8 Å². The van der Waals surface area contributed by atoms with Gasteiger partial charge < -0.3 is 14.8 Å². The second-order valence-corrected chi connectivity index (χ2v) is 3.52. The first-order valence-corrected chi connectivity index (χ1v) is 4.80. The van der Waals surface area contributed by atoms with Crippen LogP contribution in [0.25, 0.3) is 0 Å². The molecular weight excluding hydrogens is 200 g/mol. The van der Waals surface area contributed by atoms with E-state index >= 15 is 0 Å². The van der Waals surface area contributed by atoms with Crippen molar-refractivity contribution in [3.05, 3.63) is 32.6 Å². The molecule has 1 saturated heterocycles. The number of H-pyrrole nitrogens is 2. The Kier molecular flexibility index (Phi) is 2.70. The zero-order chi connectivity index (χ0) is 10.8. The van der Waals surface area contributed by atoms with E-state index in [2.05, 4.69) is 9.97 Å². The van der Waals surface area contributed by atoms with Crippen molar-refractivity contribution in [2.24, 2.45) is 0 Å². The van der Waals surface area contributed by atoms with Crippen LogP contribution in [-0.2, 0) is 4.74 Å². The highest BCUT2D eigenvalue weighted by Crippen LogP contribution is 2.23. The molecular formula is C9H12N2O4. The summed E-state index contributed by atoms with van der Waals surface area (Å²) in [6, 6.07) is 0. The molecule has 0 saturated carbocycles. The Bertz CT molecular complexity index is 444. The van der Waals surface area contributed by atoms with Gasteiger partial charge in [0.2, 0.25) is 0 Å². The van der Waals surface area contributed by atoms with Crippen molar-refractivity contribution in [1.29, 1.82) is 0 Å². The molecule has 6 heteroatoms. The van der Waals surface area contributed by atoms with Crippen molar-refractivity contribution in [3.63, 3.8) is 0 Å². The Morgan fingerprint density at radius 2 is 2.33 bits per heavy atom. The van der Waals surface area contributed by atoms with Gasteiger partial charge in [-0.15, -0.1) is 0 Å². The summed E-state index contributed by atoms with van der Waals surface area (Å²) in [4.78, 5) is 26.5. The summed E-state index contributed by atoms with van der Waals surface area (Å²) in [5, 5.41) is 9.82. The third-order valence-corrected chi connectivity index (χ3v) is 2.48. The average molecular weight is 212 g/mol. The topological polar surface area (TPSA) is 95.2 Å². The van der Waals surface area contributed by atoms with Gasteiger partial charge in [-0.3, -0.25) is 9.78 Å². The molecule has 2 heterocycles. The van der Waals surface area contributed by atoms with Crippen LogP contribution >= 0.6 is 0 Å². The van der Waals surface area contributed by atoms with Crippen molar-refractivity contribution in [2.75, 3.05) is 6.61 Å². The van der Waals surface area contributed by atoms with Gasteiger partial charge in [0, 0.05) is 12.8 Å². The van der Waals surface area contributed by atoms with E-state index < -0.39 is 17.4 Å². The number of aromatic nitrogens is 2. The third kappa shape index (κ3) is 2.00. The summed E-state index contributed by atoms with van der Waals surface area (Å²) in [5.74, 6) is 0. The highest BCUT2D eigenvalue weighted by Gasteiger charge is 2.27. The first-order chi connectivity index (χ1) is 7.18. The van der Waals surface area contributed by atoms with E-state index in [1.807, 2.05) is 0 Å². The van der Waals surface area contributed by atoms with Crippen molar-refractivity contribution in [3.8, 4) is 0 Å². The number of hydrogen-bond acceptors (Lipinski definition) is 4. The standard InChI is InChI=1S/C9H12N2O4/c12-7(6-2-1-3-15-6)5-4-10-9(14)11-8(5)13/h4,6-7,12H,1-3H2,(H2,10,11,13,14)/t6-,7+/m1/s1. The maximum Gasteiger partial charge on any atom is 0.325 e. The van der Waals surface area contributed by atoms with Crippen molar-refractivity contribution in [1.82, 2.24) is 9.97 Å². The Hall–Kier alpha value is -1.40. The van der Waals surface area contributed by atoms with E-state index in [1.54, 1.807) is 0 Å². The van der Waals surface area contributed by atoms with E-state index in [4.69, 9.17) is 4.74 Å². The highest BCUT2D eigenvalue weighted by molar-refractivity contribution is 5.09. The van der Waals surface area contributed by atoms with Crippen LogP contribution < -0.4 is 11.2 Å². The Labute approximate surface area is 84.9 Å². The Morgan fingerprint density at radius 1 is 1.53 bits per heavy atom. The van der Waals surface area contributed by atoms with Gasteiger partial charge in [-0.1, -0.05) is 0 Å². The molecule has 0 spiro atoms. The highest BCUT2D eigenvalue weighted by atomic mass is 16.5. The maximum absolute atomic E-state index is 11.3. The maximum atomic E-state index is 11.3. The van der Waals surface area contributed by atoms with Gasteiger partial charge in [0.15, 0.2) is 0 Å². The SMILES string of the molecule is O=c1[nH]cc([C@H](O)[C@H]2CCCO2)c(=O)[nH]1.